The smallest absolute Gasteiger partial charge is 0.272 e. The molecule has 0 saturated heterocycles. The molecule has 2 N–H and O–H groups in total. The number of aromatic nitrogens is 4. The van der Waals surface area contributed by atoms with Crippen molar-refractivity contribution in [2.75, 3.05) is 4.84 Å². The van der Waals surface area contributed by atoms with Crippen LogP contribution in [0.15, 0.2) is 24.5 Å². The quantitative estimate of drug-likeness (QED) is 0.367. The van der Waals surface area contributed by atoms with Crippen molar-refractivity contribution >= 4 is 63.0 Å². The molecule has 0 aliphatic heterocycles. The van der Waals surface area contributed by atoms with Crippen molar-refractivity contribution in [1.29, 1.82) is 0 Å². The lowest BCUT2D eigenvalue weighted by Crippen LogP contribution is -2.24. The first-order valence-electron chi connectivity index (χ1n) is 10.3. The van der Waals surface area contributed by atoms with Gasteiger partial charge in [-0.3, -0.25) is 14.4 Å². The number of amides is 1. The van der Waals surface area contributed by atoms with E-state index in [1.807, 2.05) is 0 Å². The largest absolute Gasteiger partial charge is 0.347 e. The molecule has 1 aliphatic carbocycles. The zero-order valence-electron chi connectivity index (χ0n) is 17.7. The third-order valence-corrected chi connectivity index (χ3v) is 6.07. The summed E-state index contributed by atoms with van der Waals surface area (Å²) in [5, 5.41) is 6.75. The summed E-state index contributed by atoms with van der Waals surface area (Å²) in [5.41, 5.74) is 1.52. The number of nitrogens with one attached hydrogen (secondary N) is 2. The molecule has 1 saturated carbocycles. The topological polar surface area (TPSA) is 102 Å². The van der Waals surface area contributed by atoms with E-state index in [2.05, 4.69) is 25.2 Å². The molecule has 0 bridgehead atoms. The average molecular weight is 516 g/mol. The van der Waals surface area contributed by atoms with Crippen LogP contribution in [0.3, 0.4) is 0 Å². The van der Waals surface area contributed by atoms with Crippen LogP contribution in [0.4, 0.5) is 10.2 Å². The Hall–Kier alpha value is -2.49. The van der Waals surface area contributed by atoms with Crippen molar-refractivity contribution < 1.29 is 14.0 Å². The van der Waals surface area contributed by atoms with Crippen LogP contribution in [0.25, 0.3) is 11.0 Å². The number of nitrogens with zero attached hydrogens (tertiary/aromatic N) is 4. The van der Waals surface area contributed by atoms with Gasteiger partial charge in [0.2, 0.25) is 5.24 Å². The van der Waals surface area contributed by atoms with Crippen LogP contribution in [0, 0.1) is 11.7 Å². The van der Waals surface area contributed by atoms with E-state index >= 15 is 0 Å². The number of hydrogen-bond donors (Lipinski definition) is 2. The molecule has 8 nitrogen and oxygen atoms in total. The Morgan fingerprint density at radius 1 is 1.18 bits per heavy atom. The first-order valence-corrected chi connectivity index (χ1v) is 11.4. The van der Waals surface area contributed by atoms with Gasteiger partial charge in [-0.15, -0.1) is 0 Å². The first-order chi connectivity index (χ1) is 15.8. The van der Waals surface area contributed by atoms with Crippen molar-refractivity contribution in [1.82, 2.24) is 25.1 Å². The summed E-state index contributed by atoms with van der Waals surface area (Å²) in [5.74, 6) is -0.324. The number of hydrogen-bond acceptors (Lipinski definition) is 6. The highest BCUT2D eigenvalue weighted by molar-refractivity contribution is 6.63. The van der Waals surface area contributed by atoms with Gasteiger partial charge in [0.05, 0.1) is 5.02 Å². The normalized spacial score (nSPS) is 13.8. The highest BCUT2D eigenvalue weighted by atomic mass is 35.5. The minimum absolute atomic E-state index is 0.00581. The molecule has 176 valence electrons. The summed E-state index contributed by atoms with van der Waals surface area (Å²) in [4.78, 5) is 33.5. The van der Waals surface area contributed by atoms with Gasteiger partial charge in [-0.1, -0.05) is 36.9 Å². The molecule has 0 spiro atoms. The molecule has 1 aromatic carbocycles. The fraction of sp³-hybridized carbons (Fsp3) is 0.381. The number of carbonyl (C=O) groups excluding carboxylic acids is 2. The number of anilines is 1. The van der Waals surface area contributed by atoms with E-state index in [-0.39, 0.29) is 28.4 Å². The van der Waals surface area contributed by atoms with Crippen molar-refractivity contribution in [2.45, 2.75) is 38.6 Å². The average Bonchev–Trinajstić information content (AvgIpc) is 3.15. The summed E-state index contributed by atoms with van der Waals surface area (Å²) in [6.45, 7) is 0.164. The predicted octanol–water partition coefficient (Wildman–Crippen LogP) is 4.98. The lowest BCUT2D eigenvalue weighted by atomic mass is 9.90. The first kappa shape index (κ1) is 25.1. The SMILES string of the molecule is Cn1nc2c(C(=O)NCc3ccc(F)c(Cl)c3)ncnc2c1NCl.O=C(Cl)C1CCCCC1. The fourth-order valence-corrected chi connectivity index (χ4v) is 4.15. The van der Waals surface area contributed by atoms with Crippen LogP contribution >= 0.6 is 35.0 Å². The Balaban J connectivity index is 0.000000286. The number of benzene rings is 1. The minimum Gasteiger partial charge on any atom is -0.347 e. The second kappa shape index (κ2) is 11.6. The van der Waals surface area contributed by atoms with E-state index in [0.717, 1.165) is 12.8 Å². The summed E-state index contributed by atoms with van der Waals surface area (Å²) in [7, 11) is 1.66. The zero-order valence-corrected chi connectivity index (χ0v) is 20.0. The maximum absolute atomic E-state index is 13.1. The van der Waals surface area contributed by atoms with E-state index in [9.17, 15) is 14.0 Å². The molecule has 1 amide bonds. The van der Waals surface area contributed by atoms with Gasteiger partial charge in [-0.25, -0.2) is 19.0 Å². The second-order valence-electron chi connectivity index (χ2n) is 7.56. The molecule has 12 heteroatoms. The number of halogens is 4. The zero-order chi connectivity index (χ0) is 24.0. The van der Waals surface area contributed by atoms with Crippen LogP contribution in [-0.2, 0) is 18.4 Å². The lowest BCUT2D eigenvalue weighted by Gasteiger charge is -2.16. The van der Waals surface area contributed by atoms with Gasteiger partial charge in [0, 0.05) is 31.3 Å². The van der Waals surface area contributed by atoms with E-state index < -0.39 is 11.7 Å². The summed E-state index contributed by atoms with van der Waals surface area (Å²) < 4.78 is 14.6. The van der Waals surface area contributed by atoms with Crippen molar-refractivity contribution in [2.24, 2.45) is 13.0 Å². The Morgan fingerprint density at radius 2 is 1.91 bits per heavy atom. The Bertz CT molecular complexity index is 1150. The van der Waals surface area contributed by atoms with E-state index in [0.29, 0.717) is 22.4 Å². The lowest BCUT2D eigenvalue weighted by molar-refractivity contribution is -0.115. The highest BCUT2D eigenvalue weighted by Crippen LogP contribution is 2.25. The molecule has 2 aromatic heterocycles. The second-order valence-corrected chi connectivity index (χ2v) is 8.53. The van der Waals surface area contributed by atoms with Gasteiger partial charge < -0.3 is 5.32 Å². The molecule has 1 fully saturated rings. The maximum atomic E-state index is 13.1. The van der Waals surface area contributed by atoms with Crippen LogP contribution in [0.2, 0.25) is 5.02 Å². The molecule has 1 aliphatic rings. The van der Waals surface area contributed by atoms with Crippen molar-refractivity contribution in [3.8, 4) is 0 Å². The molecule has 4 rings (SSSR count). The molecule has 2 heterocycles. The predicted molar refractivity (Wildman–Crippen MR) is 126 cm³/mol. The molecule has 0 unspecified atom stereocenters. The number of aryl methyl sites for hydroxylation is 1. The molecule has 0 atom stereocenters. The van der Waals surface area contributed by atoms with Crippen LogP contribution < -0.4 is 10.2 Å². The molecule has 33 heavy (non-hydrogen) atoms. The van der Waals surface area contributed by atoms with Gasteiger partial charge in [0.25, 0.3) is 5.91 Å². The van der Waals surface area contributed by atoms with Crippen molar-refractivity contribution in [3.63, 3.8) is 0 Å². The number of fused-ring (bicyclic) bond motifs is 1. The Kier molecular flexibility index (Phi) is 8.82. The minimum atomic E-state index is -0.515. The summed E-state index contributed by atoms with van der Waals surface area (Å²) in [6.07, 6.45) is 6.93. The molecule has 3 aromatic rings. The fourth-order valence-electron chi connectivity index (χ4n) is 3.52. The molecule has 0 radical (unpaired) electrons. The van der Waals surface area contributed by atoms with E-state index in [1.54, 1.807) is 7.05 Å². The summed E-state index contributed by atoms with van der Waals surface area (Å²) >= 11 is 16.7. The Labute approximate surface area is 204 Å². The molecular formula is C21H22Cl3FN6O2. The third-order valence-electron chi connectivity index (χ3n) is 5.29. The van der Waals surface area contributed by atoms with Crippen molar-refractivity contribution in [3.05, 3.63) is 46.6 Å². The van der Waals surface area contributed by atoms with E-state index in [4.69, 9.17) is 35.0 Å². The number of carbonyl (C=O) groups is 2. The van der Waals surface area contributed by atoms with Gasteiger partial charge in [0.15, 0.2) is 11.5 Å². The molecular weight excluding hydrogens is 494 g/mol. The van der Waals surface area contributed by atoms with Gasteiger partial charge >= 0.3 is 0 Å². The van der Waals surface area contributed by atoms with E-state index in [1.165, 1.54) is 48.5 Å². The standard InChI is InChI=1S/C14H11Cl2FN6O.C7H11ClO/c1-23-13(21-16)11-10(22-23)12(20-6-19-11)14(24)18-5-7-2-3-9(17)8(15)4-7;8-7(9)6-4-2-1-3-5-6/h2-4,6,21H,5H2,1H3,(H,18,24);6H,1-5H2. The van der Waals surface area contributed by atoms with Crippen LogP contribution in [0.1, 0.15) is 48.2 Å². The van der Waals surface area contributed by atoms with Crippen LogP contribution in [0.5, 0.6) is 0 Å². The summed E-state index contributed by atoms with van der Waals surface area (Å²) in [6, 6.07) is 4.22. The van der Waals surface area contributed by atoms with Gasteiger partial charge in [-0.05, 0) is 42.1 Å². The Morgan fingerprint density at radius 3 is 2.52 bits per heavy atom. The highest BCUT2D eigenvalue weighted by Gasteiger charge is 2.19. The van der Waals surface area contributed by atoms with Crippen LogP contribution in [-0.4, -0.2) is 30.9 Å². The number of rotatable bonds is 5. The monoisotopic (exact) mass is 514 g/mol. The van der Waals surface area contributed by atoms with Gasteiger partial charge in [-0.2, -0.15) is 5.10 Å². The third kappa shape index (κ3) is 6.31. The van der Waals surface area contributed by atoms with Gasteiger partial charge in [0.1, 0.15) is 23.2 Å². The maximum Gasteiger partial charge on any atom is 0.272 e.